The molecule has 0 saturated heterocycles. The molecule has 0 spiro atoms. The quantitative estimate of drug-likeness (QED) is 0.371. The highest BCUT2D eigenvalue weighted by Crippen LogP contribution is 2.00. The molecule has 0 atom stereocenters. The first-order valence-electron chi connectivity index (χ1n) is 2.70. The standard InChI is InChI=1S/C7H12Si/c1-5-6-7-8(2,3)4/h1,6-7H,2-4H3/b7-6+. The fraction of sp³-hybridized carbons (Fsp3) is 0.429. The van der Waals surface area contributed by atoms with Crippen LogP contribution >= 0.6 is 0 Å². The first-order chi connectivity index (χ1) is 3.56. The molecule has 0 aromatic heterocycles. The van der Waals surface area contributed by atoms with E-state index in [4.69, 9.17) is 6.42 Å². The van der Waals surface area contributed by atoms with Gasteiger partial charge in [0, 0.05) is 0 Å². The van der Waals surface area contributed by atoms with Gasteiger partial charge in [0.2, 0.25) is 0 Å². The smallest absolute Gasteiger partial charge is 0.0695 e. The molecule has 0 radical (unpaired) electrons. The van der Waals surface area contributed by atoms with E-state index >= 15 is 0 Å². The predicted octanol–water partition coefficient (Wildman–Crippen LogP) is 2.05. The van der Waals surface area contributed by atoms with Gasteiger partial charge in [-0.15, -0.1) is 6.42 Å². The summed E-state index contributed by atoms with van der Waals surface area (Å²) in [4.78, 5) is 0. The van der Waals surface area contributed by atoms with E-state index in [9.17, 15) is 0 Å². The predicted molar refractivity (Wildman–Crippen MR) is 41.3 cm³/mol. The van der Waals surface area contributed by atoms with Crippen molar-refractivity contribution < 1.29 is 0 Å². The van der Waals surface area contributed by atoms with Crippen molar-refractivity contribution in [1.82, 2.24) is 0 Å². The summed E-state index contributed by atoms with van der Waals surface area (Å²) >= 11 is 0. The molecule has 0 aromatic carbocycles. The van der Waals surface area contributed by atoms with Gasteiger partial charge in [-0.3, -0.25) is 0 Å². The number of hydrogen-bond donors (Lipinski definition) is 0. The topological polar surface area (TPSA) is 0 Å². The van der Waals surface area contributed by atoms with Gasteiger partial charge >= 0.3 is 0 Å². The largest absolute Gasteiger partial charge is 0.115 e. The Labute approximate surface area is 52.6 Å². The van der Waals surface area contributed by atoms with Crippen LogP contribution in [0.3, 0.4) is 0 Å². The van der Waals surface area contributed by atoms with Crippen molar-refractivity contribution in [2.75, 3.05) is 0 Å². The number of rotatable bonds is 1. The van der Waals surface area contributed by atoms with Crippen molar-refractivity contribution in [1.29, 1.82) is 0 Å². The van der Waals surface area contributed by atoms with Crippen LogP contribution in [0.15, 0.2) is 11.8 Å². The number of hydrogen-bond acceptors (Lipinski definition) is 0. The van der Waals surface area contributed by atoms with Crippen LogP contribution in [0.25, 0.3) is 0 Å². The van der Waals surface area contributed by atoms with Gasteiger partial charge < -0.3 is 0 Å². The maximum atomic E-state index is 5.02. The fourth-order valence-corrected chi connectivity index (χ4v) is 0.894. The maximum Gasteiger partial charge on any atom is 0.0695 e. The molecule has 0 N–H and O–H groups in total. The van der Waals surface area contributed by atoms with Crippen LogP contribution in [-0.2, 0) is 0 Å². The molecule has 0 saturated carbocycles. The lowest BCUT2D eigenvalue weighted by atomic mass is 10.7. The first-order valence-corrected chi connectivity index (χ1v) is 6.28. The van der Waals surface area contributed by atoms with Crippen molar-refractivity contribution >= 4 is 8.07 Å². The summed E-state index contributed by atoms with van der Waals surface area (Å²) in [5.41, 5.74) is 2.15. The molecule has 0 aliphatic carbocycles. The highest BCUT2D eigenvalue weighted by atomic mass is 28.3. The van der Waals surface area contributed by atoms with Crippen LogP contribution in [0.4, 0.5) is 0 Å². The van der Waals surface area contributed by atoms with E-state index in [2.05, 4.69) is 31.3 Å². The minimum Gasteiger partial charge on any atom is -0.115 e. The normalized spacial score (nSPS) is 11.8. The maximum absolute atomic E-state index is 5.02. The number of allylic oxidation sites excluding steroid dienone is 1. The molecular formula is C7H12Si. The van der Waals surface area contributed by atoms with Crippen molar-refractivity contribution in [3.05, 3.63) is 11.8 Å². The van der Waals surface area contributed by atoms with E-state index in [1.165, 1.54) is 0 Å². The molecule has 0 bridgehead atoms. The summed E-state index contributed by atoms with van der Waals surface area (Å²) in [6.07, 6.45) is 6.82. The Kier molecular flexibility index (Phi) is 2.57. The summed E-state index contributed by atoms with van der Waals surface area (Å²) in [6.45, 7) is 6.75. The molecule has 0 aliphatic rings. The van der Waals surface area contributed by atoms with E-state index in [0.29, 0.717) is 0 Å². The third kappa shape index (κ3) is 5.52. The zero-order chi connectivity index (χ0) is 6.62. The lowest BCUT2D eigenvalue weighted by Gasteiger charge is -2.05. The Morgan fingerprint density at radius 1 is 1.38 bits per heavy atom. The summed E-state index contributed by atoms with van der Waals surface area (Å²) < 4.78 is 0. The molecule has 0 unspecified atom stereocenters. The van der Waals surface area contributed by atoms with Crippen LogP contribution in [0.2, 0.25) is 19.6 Å². The van der Waals surface area contributed by atoms with Gasteiger partial charge in [0.25, 0.3) is 0 Å². The van der Waals surface area contributed by atoms with Crippen molar-refractivity contribution in [3.8, 4) is 12.3 Å². The van der Waals surface area contributed by atoms with E-state index in [1.807, 2.05) is 0 Å². The van der Waals surface area contributed by atoms with Crippen molar-refractivity contribution in [2.24, 2.45) is 0 Å². The highest BCUT2D eigenvalue weighted by molar-refractivity contribution is 6.81. The van der Waals surface area contributed by atoms with Crippen LogP contribution in [0.5, 0.6) is 0 Å². The van der Waals surface area contributed by atoms with E-state index in [1.54, 1.807) is 6.08 Å². The molecule has 0 fully saturated rings. The Balaban J connectivity index is 3.75. The third-order valence-corrected chi connectivity index (χ3v) is 1.85. The van der Waals surface area contributed by atoms with Crippen molar-refractivity contribution in [3.63, 3.8) is 0 Å². The zero-order valence-corrected chi connectivity index (χ0v) is 6.73. The molecule has 0 aliphatic heterocycles. The molecule has 1 heteroatoms. The second kappa shape index (κ2) is 2.73. The Morgan fingerprint density at radius 2 is 1.88 bits per heavy atom. The highest BCUT2D eigenvalue weighted by Gasteiger charge is 2.05. The van der Waals surface area contributed by atoms with Gasteiger partial charge in [-0.05, 0) is 6.08 Å². The van der Waals surface area contributed by atoms with Crippen LogP contribution < -0.4 is 0 Å². The Bertz CT molecular complexity index is 120. The molecule has 8 heavy (non-hydrogen) atoms. The molecule has 0 nitrogen and oxygen atoms in total. The lowest BCUT2D eigenvalue weighted by Crippen LogP contribution is -2.14. The summed E-state index contributed by atoms with van der Waals surface area (Å²) in [7, 11) is -1.00. The Hall–Kier alpha value is -0.483. The lowest BCUT2D eigenvalue weighted by molar-refractivity contribution is 1.77. The molecular weight excluding hydrogens is 112 g/mol. The van der Waals surface area contributed by atoms with Gasteiger partial charge in [-0.1, -0.05) is 31.3 Å². The van der Waals surface area contributed by atoms with Crippen LogP contribution in [0, 0.1) is 12.3 Å². The third-order valence-electron chi connectivity index (χ3n) is 0.680. The number of terminal acetylenes is 1. The van der Waals surface area contributed by atoms with E-state index in [0.717, 1.165) is 0 Å². The molecule has 0 rings (SSSR count). The molecule has 44 valence electrons. The minimum absolute atomic E-state index is 1.00. The molecule has 0 aromatic rings. The first kappa shape index (κ1) is 7.52. The van der Waals surface area contributed by atoms with E-state index in [-0.39, 0.29) is 0 Å². The summed E-state index contributed by atoms with van der Waals surface area (Å²) in [5, 5.41) is 0. The SMILES string of the molecule is C#C/C=C/[Si](C)(C)C. The Morgan fingerprint density at radius 3 is 2.00 bits per heavy atom. The average Bonchev–Trinajstić information content (AvgIpc) is 1.59. The van der Waals surface area contributed by atoms with Crippen molar-refractivity contribution in [2.45, 2.75) is 19.6 Å². The fourth-order valence-electron chi connectivity index (χ4n) is 0.298. The van der Waals surface area contributed by atoms with Gasteiger partial charge in [0.1, 0.15) is 0 Å². The summed E-state index contributed by atoms with van der Waals surface area (Å²) in [6, 6.07) is 0. The van der Waals surface area contributed by atoms with E-state index < -0.39 is 8.07 Å². The zero-order valence-electron chi connectivity index (χ0n) is 5.73. The van der Waals surface area contributed by atoms with Gasteiger partial charge in [0.05, 0.1) is 8.07 Å². The molecule has 0 heterocycles. The summed E-state index contributed by atoms with van der Waals surface area (Å²) in [5.74, 6) is 2.48. The van der Waals surface area contributed by atoms with Gasteiger partial charge in [-0.25, -0.2) is 0 Å². The average molecular weight is 124 g/mol. The minimum atomic E-state index is -1.00. The second-order valence-electron chi connectivity index (χ2n) is 2.87. The molecule has 0 amide bonds. The second-order valence-corrected chi connectivity index (χ2v) is 7.93. The van der Waals surface area contributed by atoms with Gasteiger partial charge in [-0.2, -0.15) is 0 Å². The van der Waals surface area contributed by atoms with Crippen LogP contribution in [-0.4, -0.2) is 8.07 Å². The van der Waals surface area contributed by atoms with Gasteiger partial charge in [0.15, 0.2) is 0 Å². The van der Waals surface area contributed by atoms with Crippen LogP contribution in [0.1, 0.15) is 0 Å². The monoisotopic (exact) mass is 124 g/mol.